The Labute approximate surface area is 149 Å². The smallest absolute Gasteiger partial charge is 0.221 e. The fraction of sp³-hybridized carbons (Fsp3) is 0.167. The Morgan fingerprint density at radius 2 is 1.60 bits per heavy atom. The van der Waals surface area contributed by atoms with E-state index in [0.717, 1.165) is 4.90 Å². The van der Waals surface area contributed by atoms with Gasteiger partial charge in [0, 0.05) is 30.0 Å². The number of Topliss-reactive ketones (excluding diaryl/α,β-unsaturated/α-hetero) is 1. The number of benzene rings is 2. The van der Waals surface area contributed by atoms with Crippen LogP contribution in [0.1, 0.15) is 24.2 Å². The molecule has 0 aliphatic carbocycles. The highest BCUT2D eigenvalue weighted by Crippen LogP contribution is 2.25. The van der Waals surface area contributed by atoms with Gasteiger partial charge in [-0.2, -0.15) is 0 Å². The molecule has 25 heavy (non-hydrogen) atoms. The normalized spacial score (nSPS) is 10.2. The lowest BCUT2D eigenvalue weighted by molar-refractivity contribution is -0.115. The largest absolute Gasteiger partial charge is 0.326 e. The van der Waals surface area contributed by atoms with Crippen molar-refractivity contribution < 1.29 is 18.8 Å². The number of carbonyl (C=O) groups excluding carboxylic acids is 3. The van der Waals surface area contributed by atoms with Crippen LogP contribution in [0, 0.1) is 5.82 Å². The Balaban J connectivity index is 2.17. The van der Waals surface area contributed by atoms with Gasteiger partial charge in [0.05, 0.1) is 11.4 Å². The zero-order chi connectivity index (χ0) is 18.4. The van der Waals surface area contributed by atoms with Gasteiger partial charge in [-0.1, -0.05) is 0 Å². The van der Waals surface area contributed by atoms with E-state index in [-0.39, 0.29) is 29.2 Å². The van der Waals surface area contributed by atoms with Crippen LogP contribution in [0.2, 0.25) is 0 Å². The number of hydrogen-bond acceptors (Lipinski definition) is 4. The van der Waals surface area contributed by atoms with Crippen LogP contribution in [0.5, 0.6) is 0 Å². The van der Waals surface area contributed by atoms with E-state index in [4.69, 9.17) is 0 Å². The number of hydrogen-bond donors (Lipinski definition) is 2. The van der Waals surface area contributed by atoms with E-state index < -0.39 is 0 Å². The molecule has 2 amide bonds. The first-order chi connectivity index (χ1) is 11.8. The zero-order valence-corrected chi connectivity index (χ0v) is 14.6. The number of rotatable bonds is 6. The number of halogens is 1. The molecule has 0 spiro atoms. The lowest BCUT2D eigenvalue weighted by Crippen LogP contribution is -2.13. The molecule has 5 nitrogen and oxygen atoms in total. The molecular weight excluding hydrogens is 343 g/mol. The number of amides is 2. The molecular formula is C18H17FN2O3S. The van der Waals surface area contributed by atoms with Crippen LogP contribution in [-0.2, 0) is 9.59 Å². The molecule has 0 radical (unpaired) electrons. The van der Waals surface area contributed by atoms with Crippen molar-refractivity contribution in [3.63, 3.8) is 0 Å². The maximum atomic E-state index is 12.9. The van der Waals surface area contributed by atoms with E-state index in [1.807, 2.05) is 0 Å². The fourth-order valence-electron chi connectivity index (χ4n) is 2.12. The molecule has 130 valence electrons. The zero-order valence-electron chi connectivity index (χ0n) is 13.8. The lowest BCUT2D eigenvalue weighted by Gasteiger charge is -2.12. The van der Waals surface area contributed by atoms with Gasteiger partial charge in [-0.05, 0) is 42.5 Å². The molecule has 2 rings (SSSR count). The average molecular weight is 360 g/mol. The molecule has 2 aromatic carbocycles. The van der Waals surface area contributed by atoms with Crippen molar-refractivity contribution in [2.75, 3.05) is 16.4 Å². The van der Waals surface area contributed by atoms with E-state index >= 15 is 0 Å². The number of nitrogens with one attached hydrogen (secondary N) is 2. The van der Waals surface area contributed by atoms with Crippen LogP contribution in [-0.4, -0.2) is 23.4 Å². The second kappa shape index (κ2) is 8.43. The SMILES string of the molecule is CC(=O)Nc1ccc(C(=O)CSc2ccc(F)cc2)c(NC(C)=O)c1. The Kier molecular flexibility index (Phi) is 6.30. The third kappa shape index (κ3) is 5.72. The lowest BCUT2D eigenvalue weighted by atomic mass is 10.1. The Bertz CT molecular complexity index is 806. The molecule has 0 heterocycles. The van der Waals surface area contributed by atoms with Gasteiger partial charge in [-0.3, -0.25) is 14.4 Å². The quantitative estimate of drug-likeness (QED) is 0.608. The molecule has 0 saturated heterocycles. The van der Waals surface area contributed by atoms with Gasteiger partial charge in [0.2, 0.25) is 11.8 Å². The van der Waals surface area contributed by atoms with Crippen LogP contribution in [0.3, 0.4) is 0 Å². The van der Waals surface area contributed by atoms with Crippen LogP contribution in [0.15, 0.2) is 47.4 Å². The predicted octanol–water partition coefficient (Wildman–Crippen LogP) is 3.72. The molecule has 0 aliphatic rings. The molecule has 2 aromatic rings. The van der Waals surface area contributed by atoms with Gasteiger partial charge in [0.25, 0.3) is 0 Å². The summed E-state index contributed by atoms with van der Waals surface area (Å²) in [5.41, 5.74) is 1.17. The standard InChI is InChI=1S/C18H17FN2O3S/c1-11(22)20-14-5-8-16(17(9-14)21-12(2)23)18(24)10-25-15-6-3-13(19)4-7-15/h3-9H,10H2,1-2H3,(H,20,22)(H,21,23). The summed E-state index contributed by atoms with van der Waals surface area (Å²) in [6.07, 6.45) is 0. The van der Waals surface area contributed by atoms with Gasteiger partial charge < -0.3 is 10.6 Å². The Morgan fingerprint density at radius 1 is 0.960 bits per heavy atom. The molecule has 2 N–H and O–H groups in total. The van der Waals surface area contributed by atoms with E-state index in [1.165, 1.54) is 37.7 Å². The topological polar surface area (TPSA) is 75.3 Å². The first-order valence-electron chi connectivity index (χ1n) is 7.46. The summed E-state index contributed by atoms with van der Waals surface area (Å²) in [5, 5.41) is 5.21. The molecule has 0 bridgehead atoms. The van der Waals surface area contributed by atoms with Crippen molar-refractivity contribution in [1.29, 1.82) is 0 Å². The van der Waals surface area contributed by atoms with Crippen LogP contribution < -0.4 is 10.6 Å². The summed E-state index contributed by atoms with van der Waals surface area (Å²) in [6, 6.07) is 10.6. The highest BCUT2D eigenvalue weighted by atomic mass is 32.2. The summed E-state index contributed by atoms with van der Waals surface area (Å²) < 4.78 is 12.9. The van der Waals surface area contributed by atoms with E-state index in [1.54, 1.807) is 30.3 Å². The maximum absolute atomic E-state index is 12.9. The highest BCUT2D eigenvalue weighted by Gasteiger charge is 2.14. The van der Waals surface area contributed by atoms with Gasteiger partial charge in [-0.15, -0.1) is 11.8 Å². The third-order valence-electron chi connectivity index (χ3n) is 3.13. The Hall–Kier alpha value is -2.67. The molecule has 0 fully saturated rings. The number of anilines is 2. The van der Waals surface area contributed by atoms with Crippen molar-refractivity contribution >= 4 is 40.7 Å². The van der Waals surface area contributed by atoms with Crippen LogP contribution >= 0.6 is 11.8 Å². The van der Waals surface area contributed by atoms with Gasteiger partial charge in [0.15, 0.2) is 5.78 Å². The van der Waals surface area contributed by atoms with E-state index in [2.05, 4.69) is 10.6 Å². The summed E-state index contributed by atoms with van der Waals surface area (Å²) >= 11 is 1.28. The molecule has 0 unspecified atom stereocenters. The van der Waals surface area contributed by atoms with Gasteiger partial charge in [0.1, 0.15) is 5.82 Å². The number of carbonyl (C=O) groups is 3. The van der Waals surface area contributed by atoms with E-state index in [0.29, 0.717) is 16.9 Å². The first kappa shape index (κ1) is 18.7. The minimum Gasteiger partial charge on any atom is -0.326 e. The van der Waals surface area contributed by atoms with E-state index in [9.17, 15) is 18.8 Å². The first-order valence-corrected chi connectivity index (χ1v) is 8.44. The summed E-state index contributed by atoms with van der Waals surface area (Å²) in [5.74, 6) is -0.956. The average Bonchev–Trinajstić information content (AvgIpc) is 2.53. The van der Waals surface area contributed by atoms with Gasteiger partial charge in [-0.25, -0.2) is 4.39 Å². The van der Waals surface area contributed by atoms with Crippen LogP contribution in [0.4, 0.5) is 15.8 Å². The van der Waals surface area contributed by atoms with Crippen molar-refractivity contribution in [3.05, 3.63) is 53.8 Å². The van der Waals surface area contributed by atoms with Crippen molar-refractivity contribution in [1.82, 2.24) is 0 Å². The number of thioether (sulfide) groups is 1. The number of ketones is 1. The summed E-state index contributed by atoms with van der Waals surface area (Å²) in [7, 11) is 0. The minimum atomic E-state index is -0.336. The summed E-state index contributed by atoms with van der Waals surface area (Å²) in [6.45, 7) is 2.71. The van der Waals surface area contributed by atoms with Crippen LogP contribution in [0.25, 0.3) is 0 Å². The van der Waals surface area contributed by atoms with Crippen molar-refractivity contribution in [2.45, 2.75) is 18.7 Å². The molecule has 0 aromatic heterocycles. The monoisotopic (exact) mass is 360 g/mol. The Morgan fingerprint density at radius 3 is 2.20 bits per heavy atom. The van der Waals surface area contributed by atoms with Gasteiger partial charge >= 0.3 is 0 Å². The molecule has 7 heteroatoms. The van der Waals surface area contributed by atoms with Crippen molar-refractivity contribution in [2.24, 2.45) is 0 Å². The second-order valence-corrected chi connectivity index (χ2v) is 6.34. The minimum absolute atomic E-state index is 0.137. The highest BCUT2D eigenvalue weighted by molar-refractivity contribution is 8.00. The molecule has 0 aliphatic heterocycles. The third-order valence-corrected chi connectivity index (χ3v) is 4.15. The maximum Gasteiger partial charge on any atom is 0.221 e. The molecule has 0 atom stereocenters. The fourth-order valence-corrected chi connectivity index (χ4v) is 2.90. The summed E-state index contributed by atoms with van der Waals surface area (Å²) in [4.78, 5) is 35.8. The predicted molar refractivity (Wildman–Crippen MR) is 96.5 cm³/mol. The van der Waals surface area contributed by atoms with Crippen molar-refractivity contribution in [3.8, 4) is 0 Å². The second-order valence-electron chi connectivity index (χ2n) is 5.29. The molecule has 0 saturated carbocycles.